The van der Waals surface area contributed by atoms with Crippen LogP contribution in [0.25, 0.3) is 0 Å². The quantitative estimate of drug-likeness (QED) is 0.710. The van der Waals surface area contributed by atoms with Crippen LogP contribution in [0.15, 0.2) is 18.7 Å². The van der Waals surface area contributed by atoms with Gasteiger partial charge < -0.3 is 15.2 Å². The lowest BCUT2D eigenvalue weighted by molar-refractivity contribution is -0.125. The second kappa shape index (κ2) is 8.74. The van der Waals surface area contributed by atoms with Crippen molar-refractivity contribution in [2.24, 2.45) is 5.92 Å². The number of aromatic nitrogens is 2. The molecule has 0 atom stereocenters. The molecule has 1 aliphatic rings. The van der Waals surface area contributed by atoms with Gasteiger partial charge in [0.1, 0.15) is 0 Å². The number of unbranched alkanes of at least 4 members (excludes halogenated alkanes) is 3. The minimum atomic E-state index is 0.234. The first-order valence-corrected chi connectivity index (χ1v) is 7.80. The third kappa shape index (κ3) is 5.33. The highest BCUT2D eigenvalue weighted by atomic mass is 16.1. The molecule has 0 unspecified atom stereocenters. The number of aryl methyl sites for hydroxylation is 1. The Bertz CT molecular complexity index is 371. The fraction of sp³-hybridized carbons (Fsp3) is 0.733. The highest BCUT2D eigenvalue weighted by molar-refractivity contribution is 5.78. The summed E-state index contributed by atoms with van der Waals surface area (Å²) in [7, 11) is 0. The molecule has 2 rings (SSSR count). The summed E-state index contributed by atoms with van der Waals surface area (Å²) in [5, 5.41) is 6.36. The minimum absolute atomic E-state index is 0.234. The Hall–Kier alpha value is -1.36. The molecule has 1 aromatic heterocycles. The number of hydrogen-bond acceptors (Lipinski definition) is 3. The van der Waals surface area contributed by atoms with Crippen molar-refractivity contribution in [3.8, 4) is 0 Å². The van der Waals surface area contributed by atoms with Gasteiger partial charge in [-0.25, -0.2) is 4.98 Å². The van der Waals surface area contributed by atoms with E-state index in [9.17, 15) is 4.79 Å². The summed E-state index contributed by atoms with van der Waals surface area (Å²) in [6, 6.07) is 0. The molecule has 5 nitrogen and oxygen atoms in total. The topological polar surface area (TPSA) is 59.0 Å². The maximum Gasteiger partial charge on any atom is 0.223 e. The van der Waals surface area contributed by atoms with Crippen LogP contribution in [-0.4, -0.2) is 35.1 Å². The number of rotatable bonds is 8. The third-order valence-electron chi connectivity index (χ3n) is 3.91. The molecule has 1 fully saturated rings. The first-order valence-electron chi connectivity index (χ1n) is 7.80. The van der Waals surface area contributed by atoms with Gasteiger partial charge in [-0.2, -0.15) is 0 Å². The van der Waals surface area contributed by atoms with Gasteiger partial charge in [-0.1, -0.05) is 12.8 Å². The summed E-state index contributed by atoms with van der Waals surface area (Å²) in [6.07, 6.45) is 12.3. The van der Waals surface area contributed by atoms with Gasteiger partial charge in [0.05, 0.1) is 6.33 Å². The molecule has 2 N–H and O–H groups in total. The third-order valence-corrected chi connectivity index (χ3v) is 3.91. The van der Waals surface area contributed by atoms with E-state index in [1.165, 1.54) is 19.3 Å². The van der Waals surface area contributed by atoms with Gasteiger partial charge in [-0.3, -0.25) is 4.79 Å². The Kier molecular flexibility index (Phi) is 6.57. The van der Waals surface area contributed by atoms with Crippen LogP contribution in [0.2, 0.25) is 0 Å². The number of piperidine rings is 1. The summed E-state index contributed by atoms with van der Waals surface area (Å²) >= 11 is 0. The van der Waals surface area contributed by atoms with Crippen molar-refractivity contribution >= 4 is 5.91 Å². The Balaban J connectivity index is 1.44. The Morgan fingerprint density at radius 3 is 2.80 bits per heavy atom. The average molecular weight is 278 g/mol. The molecule has 1 aromatic rings. The molecule has 0 aromatic carbocycles. The Morgan fingerprint density at radius 1 is 1.25 bits per heavy atom. The summed E-state index contributed by atoms with van der Waals surface area (Å²) < 4.78 is 2.11. The first kappa shape index (κ1) is 15.0. The van der Waals surface area contributed by atoms with Gasteiger partial charge in [0.25, 0.3) is 0 Å². The first-order chi connectivity index (χ1) is 9.86. The lowest BCUT2D eigenvalue weighted by atomic mass is 9.97. The van der Waals surface area contributed by atoms with E-state index in [4.69, 9.17) is 0 Å². The zero-order chi connectivity index (χ0) is 14.0. The number of nitrogens with one attached hydrogen (secondary N) is 2. The van der Waals surface area contributed by atoms with E-state index >= 15 is 0 Å². The monoisotopic (exact) mass is 278 g/mol. The van der Waals surface area contributed by atoms with Crippen LogP contribution in [0.4, 0.5) is 0 Å². The number of carbonyl (C=O) groups excluding carboxylic acids is 1. The van der Waals surface area contributed by atoms with Crippen molar-refractivity contribution in [3.63, 3.8) is 0 Å². The molecule has 0 bridgehead atoms. The van der Waals surface area contributed by atoms with Gasteiger partial charge in [0.2, 0.25) is 5.91 Å². The van der Waals surface area contributed by atoms with Crippen LogP contribution in [0, 0.1) is 5.92 Å². The zero-order valence-corrected chi connectivity index (χ0v) is 12.2. The van der Waals surface area contributed by atoms with Gasteiger partial charge in [0.15, 0.2) is 0 Å². The van der Waals surface area contributed by atoms with Crippen molar-refractivity contribution in [2.45, 2.75) is 45.1 Å². The van der Waals surface area contributed by atoms with Crippen LogP contribution in [0.3, 0.4) is 0 Å². The summed E-state index contributed by atoms with van der Waals surface area (Å²) in [4.78, 5) is 15.9. The molecule has 112 valence electrons. The Labute approximate surface area is 121 Å². The van der Waals surface area contributed by atoms with E-state index in [0.29, 0.717) is 0 Å². The van der Waals surface area contributed by atoms with E-state index < -0.39 is 0 Å². The molecule has 0 saturated carbocycles. The molecular formula is C15H26N4O. The van der Waals surface area contributed by atoms with E-state index in [2.05, 4.69) is 20.2 Å². The van der Waals surface area contributed by atoms with E-state index in [0.717, 1.165) is 45.4 Å². The van der Waals surface area contributed by atoms with E-state index in [-0.39, 0.29) is 11.8 Å². The Morgan fingerprint density at radius 2 is 2.05 bits per heavy atom. The van der Waals surface area contributed by atoms with E-state index in [1.807, 2.05) is 18.7 Å². The van der Waals surface area contributed by atoms with Crippen LogP contribution >= 0.6 is 0 Å². The lowest BCUT2D eigenvalue weighted by Crippen LogP contribution is -2.38. The average Bonchev–Trinajstić information content (AvgIpc) is 3.00. The smallest absolute Gasteiger partial charge is 0.223 e. The standard InChI is InChI=1S/C15H26N4O/c20-15(14-5-8-16-9-6-14)18-7-3-1-2-4-11-19-12-10-17-13-19/h10,12-14,16H,1-9,11H2,(H,18,20). The SMILES string of the molecule is O=C(NCCCCCCn1ccnc1)C1CCNCC1. The van der Waals surface area contributed by atoms with Crippen molar-refractivity contribution in [1.82, 2.24) is 20.2 Å². The predicted molar refractivity (Wildman–Crippen MR) is 79.3 cm³/mol. The fourth-order valence-electron chi connectivity index (χ4n) is 2.63. The number of hydrogen-bond donors (Lipinski definition) is 2. The van der Waals surface area contributed by atoms with Gasteiger partial charge in [-0.05, 0) is 38.8 Å². The molecule has 5 heteroatoms. The summed E-state index contributed by atoms with van der Waals surface area (Å²) in [6.45, 7) is 3.83. The van der Waals surface area contributed by atoms with Gasteiger partial charge in [-0.15, -0.1) is 0 Å². The molecular weight excluding hydrogens is 252 g/mol. The molecule has 1 saturated heterocycles. The predicted octanol–water partition coefficient (Wildman–Crippen LogP) is 1.56. The van der Waals surface area contributed by atoms with Gasteiger partial charge >= 0.3 is 0 Å². The number of carbonyl (C=O) groups is 1. The number of amides is 1. The van der Waals surface area contributed by atoms with Crippen molar-refractivity contribution in [3.05, 3.63) is 18.7 Å². The minimum Gasteiger partial charge on any atom is -0.356 e. The second-order valence-electron chi connectivity index (χ2n) is 5.53. The zero-order valence-electron chi connectivity index (χ0n) is 12.2. The summed E-state index contributed by atoms with van der Waals surface area (Å²) in [5.74, 6) is 0.488. The van der Waals surface area contributed by atoms with Crippen molar-refractivity contribution < 1.29 is 4.79 Å². The highest BCUT2D eigenvalue weighted by Gasteiger charge is 2.19. The largest absolute Gasteiger partial charge is 0.356 e. The van der Waals surface area contributed by atoms with Crippen LogP contribution in [0.1, 0.15) is 38.5 Å². The van der Waals surface area contributed by atoms with Crippen LogP contribution < -0.4 is 10.6 Å². The maximum atomic E-state index is 11.9. The molecule has 0 radical (unpaired) electrons. The second-order valence-corrected chi connectivity index (χ2v) is 5.53. The summed E-state index contributed by atoms with van der Waals surface area (Å²) in [5.41, 5.74) is 0. The maximum absolute atomic E-state index is 11.9. The molecule has 1 aliphatic heterocycles. The molecule has 20 heavy (non-hydrogen) atoms. The number of imidazole rings is 1. The highest BCUT2D eigenvalue weighted by Crippen LogP contribution is 2.11. The molecule has 0 aliphatic carbocycles. The molecule has 1 amide bonds. The lowest BCUT2D eigenvalue weighted by Gasteiger charge is -2.21. The normalized spacial score (nSPS) is 16.2. The van der Waals surface area contributed by atoms with Crippen LogP contribution in [0.5, 0.6) is 0 Å². The van der Waals surface area contributed by atoms with Crippen molar-refractivity contribution in [2.75, 3.05) is 19.6 Å². The molecule has 2 heterocycles. The van der Waals surface area contributed by atoms with E-state index in [1.54, 1.807) is 0 Å². The van der Waals surface area contributed by atoms with Gasteiger partial charge in [0, 0.05) is 31.4 Å². The fourth-order valence-corrected chi connectivity index (χ4v) is 2.63. The number of nitrogens with zero attached hydrogens (tertiary/aromatic N) is 2. The van der Waals surface area contributed by atoms with Crippen LogP contribution in [-0.2, 0) is 11.3 Å². The molecule has 0 spiro atoms. The van der Waals surface area contributed by atoms with Crippen molar-refractivity contribution in [1.29, 1.82) is 0 Å².